The van der Waals surface area contributed by atoms with Crippen molar-refractivity contribution in [3.05, 3.63) is 36.9 Å². The fourth-order valence-electron chi connectivity index (χ4n) is 3.01. The molecule has 1 saturated carbocycles. The van der Waals surface area contributed by atoms with Crippen LogP contribution < -0.4 is 5.32 Å². The third-order valence-electron chi connectivity index (χ3n) is 4.11. The average molecular weight is 275 g/mol. The van der Waals surface area contributed by atoms with E-state index in [-0.39, 0.29) is 0 Å². The predicted molar refractivity (Wildman–Crippen MR) is 87.0 cm³/mol. The molecule has 0 heterocycles. The van der Waals surface area contributed by atoms with Crippen molar-refractivity contribution in [1.29, 1.82) is 0 Å². The van der Waals surface area contributed by atoms with Crippen LogP contribution in [-0.4, -0.2) is 11.8 Å². The van der Waals surface area contributed by atoms with E-state index >= 15 is 0 Å². The Morgan fingerprint density at radius 2 is 1.95 bits per heavy atom. The molecule has 0 aromatic heterocycles. The van der Waals surface area contributed by atoms with E-state index in [0.717, 1.165) is 17.6 Å². The molecule has 104 valence electrons. The highest BCUT2D eigenvalue weighted by Gasteiger charge is 2.27. The minimum atomic E-state index is 0.610. The lowest BCUT2D eigenvalue weighted by Crippen LogP contribution is -2.37. The zero-order chi connectivity index (χ0) is 13.7. The highest BCUT2D eigenvalue weighted by Crippen LogP contribution is 2.34. The summed E-state index contributed by atoms with van der Waals surface area (Å²) < 4.78 is 0. The molecule has 2 unspecified atom stereocenters. The van der Waals surface area contributed by atoms with Gasteiger partial charge in [0.25, 0.3) is 0 Å². The fourth-order valence-corrected chi connectivity index (χ4v) is 3.76. The van der Waals surface area contributed by atoms with Gasteiger partial charge in [-0.15, -0.1) is 18.3 Å². The van der Waals surface area contributed by atoms with Crippen molar-refractivity contribution in [2.75, 3.05) is 11.1 Å². The molecule has 0 bridgehead atoms. The number of hydrogen-bond acceptors (Lipinski definition) is 2. The van der Waals surface area contributed by atoms with Gasteiger partial charge in [-0.1, -0.05) is 38.5 Å². The molecule has 0 aliphatic heterocycles. The summed E-state index contributed by atoms with van der Waals surface area (Å²) in [5.41, 5.74) is 1.29. The fraction of sp³-hybridized carbons (Fsp3) is 0.529. The summed E-state index contributed by atoms with van der Waals surface area (Å²) in [6.45, 7) is 8.57. The molecular weight excluding hydrogens is 250 g/mol. The van der Waals surface area contributed by atoms with Gasteiger partial charge in [-0.2, -0.15) is 0 Å². The molecule has 2 atom stereocenters. The molecule has 1 aliphatic rings. The van der Waals surface area contributed by atoms with Crippen LogP contribution in [0.2, 0.25) is 0 Å². The van der Waals surface area contributed by atoms with Gasteiger partial charge in [-0.25, -0.2) is 0 Å². The van der Waals surface area contributed by atoms with Gasteiger partial charge in [0, 0.05) is 22.4 Å². The number of para-hydroxylation sites is 1. The van der Waals surface area contributed by atoms with Crippen LogP contribution in [0.4, 0.5) is 5.69 Å². The maximum atomic E-state index is 3.80. The van der Waals surface area contributed by atoms with Crippen LogP contribution >= 0.6 is 11.8 Å². The molecule has 0 spiro atoms. The molecule has 1 aromatic rings. The summed E-state index contributed by atoms with van der Waals surface area (Å²) >= 11 is 1.86. The van der Waals surface area contributed by atoms with Gasteiger partial charge in [0.05, 0.1) is 0 Å². The van der Waals surface area contributed by atoms with Crippen molar-refractivity contribution >= 4 is 17.4 Å². The van der Waals surface area contributed by atoms with Crippen molar-refractivity contribution in [1.82, 2.24) is 0 Å². The van der Waals surface area contributed by atoms with Crippen molar-refractivity contribution in [3.63, 3.8) is 0 Å². The van der Waals surface area contributed by atoms with Gasteiger partial charge in [-0.05, 0) is 36.8 Å². The largest absolute Gasteiger partial charge is 0.381 e. The highest BCUT2D eigenvalue weighted by molar-refractivity contribution is 7.99. The highest BCUT2D eigenvalue weighted by atomic mass is 32.2. The van der Waals surface area contributed by atoms with E-state index in [1.165, 1.54) is 29.8 Å². The number of nitrogens with one attached hydrogen (secondary N) is 1. The Balaban J connectivity index is 2.10. The van der Waals surface area contributed by atoms with Crippen LogP contribution in [0.3, 0.4) is 0 Å². The third-order valence-corrected chi connectivity index (χ3v) is 5.18. The van der Waals surface area contributed by atoms with Gasteiger partial charge in [0.2, 0.25) is 0 Å². The number of rotatable bonds is 5. The number of thioether (sulfide) groups is 1. The minimum absolute atomic E-state index is 0.610. The first-order valence-corrected chi connectivity index (χ1v) is 8.30. The first-order valence-electron chi connectivity index (χ1n) is 7.31. The van der Waals surface area contributed by atoms with Crippen LogP contribution in [0.1, 0.15) is 33.1 Å². The standard InChI is InChI=1S/C17H25NS/c1-4-12-19-16-11-6-5-10-15(16)18-17-13(2)8-7-9-14(17)3/h4-6,10-11,13-14,17-18H,1,7-9,12H2,2-3H3. The predicted octanol–water partition coefficient (Wildman–Crippen LogP) is 5.20. The zero-order valence-electron chi connectivity index (χ0n) is 12.1. The van der Waals surface area contributed by atoms with Gasteiger partial charge >= 0.3 is 0 Å². The molecule has 1 N–H and O–H groups in total. The molecule has 2 rings (SSSR count). The molecule has 0 radical (unpaired) electrons. The second-order valence-corrected chi connectivity index (χ2v) is 6.71. The Morgan fingerprint density at radius 1 is 1.26 bits per heavy atom. The van der Waals surface area contributed by atoms with Crippen molar-refractivity contribution in [3.8, 4) is 0 Å². The molecule has 1 fully saturated rings. The van der Waals surface area contributed by atoms with Gasteiger partial charge < -0.3 is 5.32 Å². The second-order valence-electron chi connectivity index (χ2n) is 5.65. The Morgan fingerprint density at radius 3 is 2.63 bits per heavy atom. The summed E-state index contributed by atoms with van der Waals surface area (Å²) in [4.78, 5) is 1.34. The Labute approximate surface area is 121 Å². The third kappa shape index (κ3) is 3.79. The van der Waals surface area contributed by atoms with E-state index in [9.17, 15) is 0 Å². The number of anilines is 1. The summed E-state index contributed by atoms with van der Waals surface area (Å²) in [6, 6.07) is 9.26. The lowest BCUT2D eigenvalue weighted by molar-refractivity contribution is 0.268. The van der Waals surface area contributed by atoms with E-state index in [0.29, 0.717) is 6.04 Å². The zero-order valence-corrected chi connectivity index (χ0v) is 12.9. The van der Waals surface area contributed by atoms with E-state index in [1.54, 1.807) is 0 Å². The summed E-state index contributed by atoms with van der Waals surface area (Å²) in [5, 5.41) is 3.80. The molecule has 19 heavy (non-hydrogen) atoms. The van der Waals surface area contributed by atoms with Gasteiger partial charge in [0.15, 0.2) is 0 Å². The monoisotopic (exact) mass is 275 g/mol. The summed E-state index contributed by atoms with van der Waals surface area (Å²) in [6.07, 6.45) is 6.05. The normalized spacial score (nSPS) is 26.9. The molecule has 0 saturated heterocycles. The first kappa shape index (κ1) is 14.5. The SMILES string of the molecule is C=CCSc1ccccc1NC1C(C)CCCC1C. The van der Waals surface area contributed by atoms with Crippen molar-refractivity contribution < 1.29 is 0 Å². The smallest absolute Gasteiger partial charge is 0.0480 e. The maximum Gasteiger partial charge on any atom is 0.0480 e. The quantitative estimate of drug-likeness (QED) is 0.585. The van der Waals surface area contributed by atoms with Gasteiger partial charge in [-0.3, -0.25) is 0 Å². The topological polar surface area (TPSA) is 12.0 Å². The molecule has 1 aliphatic carbocycles. The van der Waals surface area contributed by atoms with E-state index < -0.39 is 0 Å². The van der Waals surface area contributed by atoms with Crippen LogP contribution in [0.5, 0.6) is 0 Å². The Kier molecular flexibility index (Phi) is 5.38. The molecular formula is C17H25NS. The Hall–Kier alpha value is -0.890. The van der Waals surface area contributed by atoms with Crippen LogP contribution in [0.25, 0.3) is 0 Å². The minimum Gasteiger partial charge on any atom is -0.381 e. The molecule has 1 nitrogen and oxygen atoms in total. The maximum absolute atomic E-state index is 3.80. The van der Waals surface area contributed by atoms with E-state index in [4.69, 9.17) is 0 Å². The van der Waals surface area contributed by atoms with E-state index in [2.05, 4.69) is 50.0 Å². The number of benzene rings is 1. The molecule has 2 heteroatoms. The summed E-state index contributed by atoms with van der Waals surface area (Å²) in [5.74, 6) is 2.50. The van der Waals surface area contributed by atoms with Crippen LogP contribution in [0.15, 0.2) is 41.8 Å². The lowest BCUT2D eigenvalue weighted by atomic mass is 9.78. The first-order chi connectivity index (χ1) is 9.22. The van der Waals surface area contributed by atoms with E-state index in [1.807, 2.05) is 17.8 Å². The van der Waals surface area contributed by atoms with Crippen LogP contribution in [-0.2, 0) is 0 Å². The lowest BCUT2D eigenvalue weighted by Gasteiger charge is -2.36. The number of hydrogen-bond donors (Lipinski definition) is 1. The van der Waals surface area contributed by atoms with Crippen molar-refractivity contribution in [2.24, 2.45) is 11.8 Å². The second kappa shape index (κ2) is 7.04. The Bertz CT molecular complexity index is 405. The summed E-state index contributed by atoms with van der Waals surface area (Å²) in [7, 11) is 0. The van der Waals surface area contributed by atoms with Gasteiger partial charge in [0.1, 0.15) is 0 Å². The average Bonchev–Trinajstić information content (AvgIpc) is 2.42. The molecule has 0 amide bonds. The molecule has 1 aromatic carbocycles. The van der Waals surface area contributed by atoms with Crippen LogP contribution in [0, 0.1) is 11.8 Å². The van der Waals surface area contributed by atoms with Crippen molar-refractivity contribution in [2.45, 2.75) is 44.0 Å².